The topological polar surface area (TPSA) is 53.2 Å². The molecule has 3 N–H and O–H groups in total. The van der Waals surface area contributed by atoms with Crippen molar-refractivity contribution >= 4 is 5.91 Å². The van der Waals surface area contributed by atoms with Crippen molar-refractivity contribution in [3.63, 3.8) is 0 Å². The van der Waals surface area contributed by atoms with Crippen LogP contribution in [0, 0.1) is 0 Å². The molecule has 2 fully saturated rings. The van der Waals surface area contributed by atoms with E-state index in [1.807, 2.05) is 12.1 Å². The number of hydrazine groups is 1. The summed E-state index contributed by atoms with van der Waals surface area (Å²) >= 11 is 0. The van der Waals surface area contributed by atoms with Crippen LogP contribution in [-0.4, -0.2) is 24.0 Å². The molecule has 19 heavy (non-hydrogen) atoms. The minimum absolute atomic E-state index is 0.0535. The average molecular weight is 259 g/mol. The lowest BCUT2D eigenvalue weighted by atomic mass is 9.88. The van der Waals surface area contributed by atoms with E-state index in [1.165, 1.54) is 5.56 Å². The van der Waals surface area contributed by atoms with Crippen molar-refractivity contribution in [2.45, 2.75) is 50.7 Å². The highest BCUT2D eigenvalue weighted by atomic mass is 16.1. The van der Waals surface area contributed by atoms with Gasteiger partial charge in [0.2, 0.25) is 0 Å². The summed E-state index contributed by atoms with van der Waals surface area (Å²) in [6.07, 6.45) is 2.25. The second-order valence-electron chi connectivity index (χ2n) is 5.76. The van der Waals surface area contributed by atoms with E-state index < -0.39 is 0 Å². The minimum atomic E-state index is 0.0535. The molecule has 2 atom stereocenters. The maximum Gasteiger partial charge on any atom is 0.251 e. The molecule has 4 nitrogen and oxygen atoms in total. The van der Waals surface area contributed by atoms with Gasteiger partial charge < -0.3 is 5.32 Å². The zero-order valence-corrected chi connectivity index (χ0v) is 11.4. The third-order valence-corrected chi connectivity index (χ3v) is 4.09. The summed E-state index contributed by atoms with van der Waals surface area (Å²) in [5.74, 6) is 0.498. The molecule has 1 saturated heterocycles. The summed E-state index contributed by atoms with van der Waals surface area (Å²) in [6.45, 7) is 4.35. The molecular formula is C15H21N3O. The van der Waals surface area contributed by atoms with E-state index in [0.717, 1.165) is 18.4 Å². The van der Waals surface area contributed by atoms with Gasteiger partial charge in [-0.3, -0.25) is 15.6 Å². The van der Waals surface area contributed by atoms with Crippen LogP contribution in [0.4, 0.5) is 0 Å². The Morgan fingerprint density at radius 2 is 1.68 bits per heavy atom. The van der Waals surface area contributed by atoms with Crippen LogP contribution in [0.3, 0.4) is 0 Å². The number of hydrogen-bond acceptors (Lipinski definition) is 3. The lowest BCUT2D eigenvalue weighted by molar-refractivity contribution is 0.0951. The molecule has 1 amide bonds. The Morgan fingerprint density at radius 1 is 1.11 bits per heavy atom. The number of rotatable bonds is 3. The maximum atomic E-state index is 11.9. The molecule has 1 aromatic carbocycles. The normalized spacial score (nSPS) is 30.3. The summed E-state index contributed by atoms with van der Waals surface area (Å²) in [4.78, 5) is 11.9. The molecule has 0 spiro atoms. The van der Waals surface area contributed by atoms with Gasteiger partial charge in [0.25, 0.3) is 5.91 Å². The molecule has 4 heteroatoms. The van der Waals surface area contributed by atoms with Crippen molar-refractivity contribution in [3.8, 4) is 0 Å². The van der Waals surface area contributed by atoms with Gasteiger partial charge in [-0.25, -0.2) is 0 Å². The summed E-state index contributed by atoms with van der Waals surface area (Å²) < 4.78 is 0. The molecule has 3 rings (SSSR count). The van der Waals surface area contributed by atoms with Crippen molar-refractivity contribution < 1.29 is 4.79 Å². The number of benzene rings is 1. The third-order valence-electron chi connectivity index (χ3n) is 4.09. The first kappa shape index (κ1) is 12.6. The first-order valence-electron chi connectivity index (χ1n) is 7.07. The predicted molar refractivity (Wildman–Crippen MR) is 74.9 cm³/mol. The molecule has 1 aromatic rings. The summed E-state index contributed by atoms with van der Waals surface area (Å²) in [5, 5.41) is 3.01. The first-order chi connectivity index (χ1) is 9.15. The van der Waals surface area contributed by atoms with Gasteiger partial charge in [0.15, 0.2) is 0 Å². The van der Waals surface area contributed by atoms with Gasteiger partial charge >= 0.3 is 0 Å². The summed E-state index contributed by atoms with van der Waals surface area (Å²) in [5.41, 5.74) is 8.56. The lowest BCUT2D eigenvalue weighted by Crippen LogP contribution is -2.30. The largest absolute Gasteiger partial charge is 0.349 e. The van der Waals surface area contributed by atoms with Crippen LogP contribution in [0.1, 0.15) is 48.5 Å². The minimum Gasteiger partial charge on any atom is -0.349 e. The van der Waals surface area contributed by atoms with E-state index in [0.29, 0.717) is 24.0 Å². The van der Waals surface area contributed by atoms with E-state index in [-0.39, 0.29) is 5.91 Å². The molecule has 0 radical (unpaired) electrons. The van der Waals surface area contributed by atoms with Crippen molar-refractivity contribution in [2.24, 2.45) is 0 Å². The predicted octanol–water partition coefficient (Wildman–Crippen LogP) is 1.55. The summed E-state index contributed by atoms with van der Waals surface area (Å²) in [6, 6.07) is 9.25. The zero-order chi connectivity index (χ0) is 13.4. The van der Waals surface area contributed by atoms with Crippen LogP contribution in [0.25, 0.3) is 0 Å². The Labute approximate surface area is 113 Å². The standard InChI is InChI=1S/C15H21N3O/c1-9-14(10(2)18-17-9)11-3-5-12(6-4-11)15(19)16-13-7-8-13/h3-6,9-10,13-14,17-18H,7-8H2,1-2H3,(H,16,19). The van der Waals surface area contributed by atoms with Crippen LogP contribution in [-0.2, 0) is 0 Å². The van der Waals surface area contributed by atoms with Crippen LogP contribution < -0.4 is 16.2 Å². The molecule has 1 heterocycles. The molecule has 0 bridgehead atoms. The second-order valence-corrected chi connectivity index (χ2v) is 5.76. The van der Waals surface area contributed by atoms with Gasteiger partial charge in [-0.15, -0.1) is 0 Å². The highest BCUT2D eigenvalue weighted by molar-refractivity contribution is 5.94. The van der Waals surface area contributed by atoms with Crippen molar-refractivity contribution in [1.82, 2.24) is 16.2 Å². The van der Waals surface area contributed by atoms with Gasteiger partial charge in [-0.05, 0) is 44.4 Å². The average Bonchev–Trinajstić information content (AvgIpc) is 3.15. The number of nitrogens with one attached hydrogen (secondary N) is 3. The fourth-order valence-corrected chi connectivity index (χ4v) is 2.81. The quantitative estimate of drug-likeness (QED) is 0.772. The number of hydrogen-bond donors (Lipinski definition) is 3. The van der Waals surface area contributed by atoms with E-state index in [4.69, 9.17) is 0 Å². The molecule has 2 aliphatic rings. The third kappa shape index (κ3) is 2.65. The SMILES string of the molecule is CC1NNC(C)C1c1ccc(C(=O)NC2CC2)cc1. The lowest BCUT2D eigenvalue weighted by Gasteiger charge is -2.18. The number of amides is 1. The highest BCUT2D eigenvalue weighted by Gasteiger charge is 2.31. The Morgan fingerprint density at radius 3 is 2.21 bits per heavy atom. The monoisotopic (exact) mass is 259 g/mol. The molecule has 2 unspecified atom stereocenters. The van der Waals surface area contributed by atoms with Gasteiger partial charge in [-0.2, -0.15) is 0 Å². The van der Waals surface area contributed by atoms with Gasteiger partial charge in [0, 0.05) is 29.6 Å². The second kappa shape index (κ2) is 4.94. The molecule has 1 aliphatic carbocycles. The van der Waals surface area contributed by atoms with Crippen molar-refractivity contribution in [3.05, 3.63) is 35.4 Å². The van der Waals surface area contributed by atoms with Gasteiger partial charge in [0.1, 0.15) is 0 Å². The van der Waals surface area contributed by atoms with Crippen molar-refractivity contribution in [1.29, 1.82) is 0 Å². The van der Waals surface area contributed by atoms with Crippen LogP contribution in [0.5, 0.6) is 0 Å². The molecule has 1 aliphatic heterocycles. The van der Waals surface area contributed by atoms with Gasteiger partial charge in [0.05, 0.1) is 0 Å². The van der Waals surface area contributed by atoms with Gasteiger partial charge in [-0.1, -0.05) is 12.1 Å². The fourth-order valence-electron chi connectivity index (χ4n) is 2.81. The Hall–Kier alpha value is -1.39. The maximum absolute atomic E-state index is 11.9. The van der Waals surface area contributed by atoms with E-state index in [1.54, 1.807) is 0 Å². The fraction of sp³-hybridized carbons (Fsp3) is 0.533. The first-order valence-corrected chi connectivity index (χ1v) is 7.07. The summed E-state index contributed by atoms with van der Waals surface area (Å²) in [7, 11) is 0. The van der Waals surface area contributed by atoms with Crippen LogP contribution >= 0.6 is 0 Å². The van der Waals surface area contributed by atoms with Crippen LogP contribution in [0.15, 0.2) is 24.3 Å². The van der Waals surface area contributed by atoms with Crippen molar-refractivity contribution in [2.75, 3.05) is 0 Å². The smallest absolute Gasteiger partial charge is 0.251 e. The number of carbonyl (C=O) groups excluding carboxylic acids is 1. The van der Waals surface area contributed by atoms with E-state index >= 15 is 0 Å². The van der Waals surface area contributed by atoms with E-state index in [2.05, 4.69) is 42.1 Å². The Bertz CT molecular complexity index is 457. The Kier molecular flexibility index (Phi) is 3.29. The zero-order valence-electron chi connectivity index (χ0n) is 11.4. The highest BCUT2D eigenvalue weighted by Crippen LogP contribution is 2.27. The molecular weight excluding hydrogens is 238 g/mol. The van der Waals surface area contributed by atoms with Crippen LogP contribution in [0.2, 0.25) is 0 Å². The number of carbonyl (C=O) groups is 1. The molecule has 1 saturated carbocycles. The molecule has 0 aromatic heterocycles. The Balaban J connectivity index is 1.72. The molecule has 102 valence electrons. The van der Waals surface area contributed by atoms with E-state index in [9.17, 15) is 4.79 Å².